The molecule has 0 bridgehead atoms. The van der Waals surface area contributed by atoms with Crippen molar-refractivity contribution in [3.8, 4) is 0 Å². The molecule has 6 nitrogen and oxygen atoms in total. The summed E-state index contributed by atoms with van der Waals surface area (Å²) in [5, 5.41) is 8.82. The Morgan fingerprint density at radius 2 is 1.94 bits per heavy atom. The fourth-order valence-corrected chi connectivity index (χ4v) is 2.13. The van der Waals surface area contributed by atoms with E-state index in [0.717, 1.165) is 19.3 Å². The average Bonchev–Trinajstić information content (AvgIpc) is 2.37. The third-order valence-corrected chi connectivity index (χ3v) is 3.13. The lowest BCUT2D eigenvalue weighted by atomic mass is 10.1. The number of rotatable bonds is 5. The second-order valence-corrected chi connectivity index (χ2v) is 4.55. The van der Waals surface area contributed by atoms with E-state index in [-0.39, 0.29) is 18.6 Å². The molecule has 0 unspecified atom stereocenters. The van der Waals surface area contributed by atoms with Crippen molar-refractivity contribution in [2.45, 2.75) is 32.2 Å². The van der Waals surface area contributed by atoms with Crippen LogP contribution in [-0.2, 0) is 9.53 Å². The zero-order chi connectivity index (χ0) is 13.5. The molecule has 0 saturated carbocycles. The van der Waals surface area contributed by atoms with Crippen LogP contribution in [0.15, 0.2) is 0 Å². The molecular weight excluding hydrogens is 236 g/mol. The number of hydrogen-bond donors (Lipinski definition) is 1. The monoisotopic (exact) mass is 258 g/mol. The van der Waals surface area contributed by atoms with Gasteiger partial charge in [0.25, 0.3) is 0 Å². The van der Waals surface area contributed by atoms with Crippen molar-refractivity contribution >= 4 is 12.0 Å². The van der Waals surface area contributed by atoms with Gasteiger partial charge >= 0.3 is 12.0 Å². The third kappa shape index (κ3) is 4.18. The van der Waals surface area contributed by atoms with E-state index in [2.05, 4.69) is 0 Å². The van der Waals surface area contributed by atoms with Crippen molar-refractivity contribution in [3.63, 3.8) is 0 Å². The maximum atomic E-state index is 12.2. The molecule has 104 valence electrons. The highest BCUT2D eigenvalue weighted by Crippen LogP contribution is 2.14. The maximum Gasteiger partial charge on any atom is 0.323 e. The van der Waals surface area contributed by atoms with E-state index in [1.165, 1.54) is 4.90 Å². The van der Waals surface area contributed by atoms with Gasteiger partial charge in [0.15, 0.2) is 0 Å². The summed E-state index contributed by atoms with van der Waals surface area (Å²) in [6.45, 7) is 3.49. The molecule has 1 heterocycles. The number of aliphatic carboxylic acids is 1. The molecule has 0 spiro atoms. The van der Waals surface area contributed by atoms with Crippen LogP contribution < -0.4 is 0 Å². The van der Waals surface area contributed by atoms with Crippen molar-refractivity contribution in [3.05, 3.63) is 0 Å². The van der Waals surface area contributed by atoms with Gasteiger partial charge in [-0.25, -0.2) is 4.79 Å². The summed E-state index contributed by atoms with van der Waals surface area (Å²) in [6, 6.07) is -0.0504. The number of carbonyl (C=O) groups is 2. The number of carboxylic acid groups (broad SMARTS) is 1. The number of carboxylic acids is 1. The summed E-state index contributed by atoms with van der Waals surface area (Å²) in [7, 11) is 1.74. The minimum Gasteiger partial charge on any atom is -0.480 e. The van der Waals surface area contributed by atoms with Gasteiger partial charge in [0, 0.05) is 32.8 Å². The predicted molar refractivity (Wildman–Crippen MR) is 66.5 cm³/mol. The zero-order valence-corrected chi connectivity index (χ0v) is 11.1. The van der Waals surface area contributed by atoms with E-state index < -0.39 is 5.97 Å². The van der Waals surface area contributed by atoms with Gasteiger partial charge in [0.2, 0.25) is 0 Å². The summed E-state index contributed by atoms with van der Waals surface area (Å²) in [6.07, 6.45) is 2.38. The zero-order valence-electron chi connectivity index (χ0n) is 11.1. The van der Waals surface area contributed by atoms with Gasteiger partial charge < -0.3 is 19.6 Å². The number of urea groups is 1. The molecule has 1 saturated heterocycles. The Balaban J connectivity index is 2.59. The highest BCUT2D eigenvalue weighted by molar-refractivity contribution is 5.80. The molecule has 0 aromatic rings. The normalized spacial score (nSPS) is 16.3. The van der Waals surface area contributed by atoms with Crippen molar-refractivity contribution in [1.82, 2.24) is 9.80 Å². The molecule has 1 fully saturated rings. The Bertz CT molecular complexity index is 290. The van der Waals surface area contributed by atoms with Crippen LogP contribution in [0.4, 0.5) is 4.79 Å². The second kappa shape index (κ2) is 7.20. The number of nitrogens with zero attached hydrogens (tertiary/aromatic N) is 2. The SMILES string of the molecule is CCCN(CC(=O)O)C(=O)N(C)C1CCOCC1. The minimum atomic E-state index is -0.975. The second-order valence-electron chi connectivity index (χ2n) is 4.55. The van der Waals surface area contributed by atoms with Gasteiger partial charge in [-0.2, -0.15) is 0 Å². The van der Waals surface area contributed by atoms with Crippen LogP contribution >= 0.6 is 0 Å². The van der Waals surface area contributed by atoms with Gasteiger partial charge in [-0.3, -0.25) is 4.79 Å². The molecule has 18 heavy (non-hydrogen) atoms. The smallest absolute Gasteiger partial charge is 0.323 e. The number of carbonyl (C=O) groups excluding carboxylic acids is 1. The van der Waals surface area contributed by atoms with Gasteiger partial charge in [-0.05, 0) is 19.3 Å². The first-order chi connectivity index (χ1) is 8.56. The molecule has 0 aliphatic carbocycles. The first kappa shape index (κ1) is 14.8. The Morgan fingerprint density at radius 3 is 2.44 bits per heavy atom. The largest absolute Gasteiger partial charge is 0.480 e. The maximum absolute atomic E-state index is 12.2. The van der Waals surface area contributed by atoms with Crippen molar-refractivity contribution < 1.29 is 19.4 Å². The molecule has 1 aliphatic heterocycles. The fourth-order valence-electron chi connectivity index (χ4n) is 2.13. The van der Waals surface area contributed by atoms with Crippen molar-refractivity contribution in [2.24, 2.45) is 0 Å². The number of ether oxygens (including phenoxy) is 1. The predicted octanol–water partition coefficient (Wildman–Crippen LogP) is 1.01. The first-order valence-corrected chi connectivity index (χ1v) is 6.37. The van der Waals surface area contributed by atoms with Crippen LogP contribution in [0.5, 0.6) is 0 Å². The number of amides is 2. The third-order valence-electron chi connectivity index (χ3n) is 3.13. The van der Waals surface area contributed by atoms with E-state index in [1.807, 2.05) is 6.92 Å². The Labute approximate surface area is 107 Å². The fraction of sp³-hybridized carbons (Fsp3) is 0.833. The van der Waals surface area contributed by atoms with E-state index in [1.54, 1.807) is 11.9 Å². The van der Waals surface area contributed by atoms with E-state index >= 15 is 0 Å². The van der Waals surface area contributed by atoms with Gasteiger partial charge in [0.1, 0.15) is 6.54 Å². The van der Waals surface area contributed by atoms with Gasteiger partial charge in [0.05, 0.1) is 0 Å². The molecular formula is C12H22N2O4. The van der Waals surface area contributed by atoms with Crippen LogP contribution in [0.25, 0.3) is 0 Å². The molecule has 2 amide bonds. The Hall–Kier alpha value is -1.30. The summed E-state index contributed by atoms with van der Waals surface area (Å²) >= 11 is 0. The topological polar surface area (TPSA) is 70.1 Å². The lowest BCUT2D eigenvalue weighted by Crippen LogP contribution is -2.49. The van der Waals surface area contributed by atoms with Crippen LogP contribution in [0.3, 0.4) is 0 Å². The van der Waals surface area contributed by atoms with Crippen molar-refractivity contribution in [2.75, 3.05) is 33.4 Å². The summed E-state index contributed by atoms with van der Waals surface area (Å²) in [4.78, 5) is 26.0. The molecule has 1 aliphatic rings. The van der Waals surface area contributed by atoms with Crippen LogP contribution in [-0.4, -0.2) is 66.3 Å². The van der Waals surface area contributed by atoms with E-state index in [0.29, 0.717) is 19.8 Å². The molecule has 6 heteroatoms. The van der Waals surface area contributed by atoms with Crippen molar-refractivity contribution in [1.29, 1.82) is 0 Å². The molecule has 0 aromatic heterocycles. The molecule has 0 radical (unpaired) electrons. The van der Waals surface area contributed by atoms with Crippen LogP contribution in [0.1, 0.15) is 26.2 Å². The minimum absolute atomic E-state index is 0.152. The van der Waals surface area contributed by atoms with E-state index in [4.69, 9.17) is 9.84 Å². The average molecular weight is 258 g/mol. The lowest BCUT2D eigenvalue weighted by Gasteiger charge is -2.34. The Kier molecular flexibility index (Phi) is 5.91. The molecule has 0 aromatic carbocycles. The lowest BCUT2D eigenvalue weighted by molar-refractivity contribution is -0.137. The highest BCUT2D eigenvalue weighted by atomic mass is 16.5. The quantitative estimate of drug-likeness (QED) is 0.799. The molecule has 0 atom stereocenters. The molecule has 1 rings (SSSR count). The van der Waals surface area contributed by atoms with Gasteiger partial charge in [-0.15, -0.1) is 0 Å². The molecule has 1 N–H and O–H groups in total. The first-order valence-electron chi connectivity index (χ1n) is 6.37. The summed E-state index contributed by atoms with van der Waals surface area (Å²) < 4.78 is 5.26. The Morgan fingerprint density at radius 1 is 1.33 bits per heavy atom. The van der Waals surface area contributed by atoms with Crippen LogP contribution in [0.2, 0.25) is 0 Å². The standard InChI is InChI=1S/C12H22N2O4/c1-3-6-14(9-11(15)16)12(17)13(2)10-4-7-18-8-5-10/h10H,3-9H2,1-2H3,(H,15,16). The summed E-state index contributed by atoms with van der Waals surface area (Å²) in [5.41, 5.74) is 0. The highest BCUT2D eigenvalue weighted by Gasteiger charge is 2.26. The summed E-state index contributed by atoms with van der Waals surface area (Å²) in [5.74, 6) is -0.975. The van der Waals surface area contributed by atoms with Crippen LogP contribution in [0, 0.1) is 0 Å². The van der Waals surface area contributed by atoms with E-state index in [9.17, 15) is 9.59 Å². The van der Waals surface area contributed by atoms with Gasteiger partial charge in [-0.1, -0.05) is 6.92 Å². The number of hydrogen-bond acceptors (Lipinski definition) is 3.